The van der Waals surface area contributed by atoms with Gasteiger partial charge in [-0.1, -0.05) is 30.3 Å². The van der Waals surface area contributed by atoms with Crippen molar-refractivity contribution in [1.29, 1.82) is 0 Å². The van der Waals surface area contributed by atoms with Gasteiger partial charge in [-0.15, -0.1) is 0 Å². The molecule has 1 fully saturated rings. The molecular formula is C15H19N3O3. The van der Waals surface area contributed by atoms with Crippen LogP contribution in [0.2, 0.25) is 0 Å². The highest BCUT2D eigenvalue weighted by Crippen LogP contribution is 2.05. The van der Waals surface area contributed by atoms with E-state index in [0.29, 0.717) is 19.4 Å². The maximum atomic E-state index is 11.7. The Morgan fingerprint density at radius 3 is 2.62 bits per heavy atom. The second-order valence-electron chi connectivity index (χ2n) is 4.96. The van der Waals surface area contributed by atoms with Gasteiger partial charge in [0.25, 0.3) is 0 Å². The Hall–Kier alpha value is -2.37. The molecule has 21 heavy (non-hydrogen) atoms. The molecule has 1 saturated heterocycles. The van der Waals surface area contributed by atoms with Crippen molar-refractivity contribution in [3.8, 4) is 0 Å². The minimum Gasteiger partial charge on any atom is -0.354 e. The number of nitrogens with one attached hydrogen (secondary N) is 3. The molecule has 6 heteroatoms. The normalized spacial score (nSPS) is 17.1. The number of rotatable bonds is 6. The SMILES string of the molecule is O=C(CNC(=O)C1CCC(=O)N1)NCCc1ccccc1. The van der Waals surface area contributed by atoms with Gasteiger partial charge in [0.05, 0.1) is 6.54 Å². The van der Waals surface area contributed by atoms with Crippen LogP contribution in [0.5, 0.6) is 0 Å². The lowest BCUT2D eigenvalue weighted by Gasteiger charge is -2.11. The summed E-state index contributed by atoms with van der Waals surface area (Å²) in [5.41, 5.74) is 1.15. The lowest BCUT2D eigenvalue weighted by molar-refractivity contribution is -0.128. The van der Waals surface area contributed by atoms with Gasteiger partial charge in [-0.05, 0) is 18.4 Å². The third-order valence-electron chi connectivity index (χ3n) is 3.31. The van der Waals surface area contributed by atoms with Crippen LogP contribution in [0.4, 0.5) is 0 Å². The molecule has 0 bridgehead atoms. The van der Waals surface area contributed by atoms with Crippen LogP contribution in [0.15, 0.2) is 30.3 Å². The number of benzene rings is 1. The molecule has 112 valence electrons. The molecule has 1 aliphatic heterocycles. The van der Waals surface area contributed by atoms with Gasteiger partial charge in [0.2, 0.25) is 17.7 Å². The van der Waals surface area contributed by atoms with Gasteiger partial charge in [-0.2, -0.15) is 0 Å². The van der Waals surface area contributed by atoms with Crippen LogP contribution in [0.1, 0.15) is 18.4 Å². The van der Waals surface area contributed by atoms with E-state index in [1.165, 1.54) is 0 Å². The summed E-state index contributed by atoms with van der Waals surface area (Å²) in [4.78, 5) is 34.3. The molecule has 0 spiro atoms. The van der Waals surface area contributed by atoms with Gasteiger partial charge >= 0.3 is 0 Å². The summed E-state index contributed by atoms with van der Waals surface area (Å²) in [6.45, 7) is 0.457. The van der Waals surface area contributed by atoms with Crippen LogP contribution in [0.25, 0.3) is 0 Å². The highest BCUT2D eigenvalue weighted by molar-refractivity contribution is 5.92. The predicted molar refractivity (Wildman–Crippen MR) is 77.3 cm³/mol. The highest BCUT2D eigenvalue weighted by atomic mass is 16.2. The van der Waals surface area contributed by atoms with Crippen LogP contribution >= 0.6 is 0 Å². The number of carbonyl (C=O) groups excluding carboxylic acids is 3. The van der Waals surface area contributed by atoms with E-state index in [9.17, 15) is 14.4 Å². The predicted octanol–water partition coefficient (Wildman–Crippen LogP) is -0.260. The van der Waals surface area contributed by atoms with Gasteiger partial charge in [-0.3, -0.25) is 14.4 Å². The van der Waals surface area contributed by atoms with E-state index in [0.717, 1.165) is 12.0 Å². The van der Waals surface area contributed by atoms with E-state index < -0.39 is 6.04 Å². The number of amides is 3. The molecule has 6 nitrogen and oxygen atoms in total. The van der Waals surface area contributed by atoms with Crippen LogP contribution in [-0.4, -0.2) is 36.9 Å². The minimum absolute atomic E-state index is 0.0695. The van der Waals surface area contributed by atoms with Gasteiger partial charge in [0, 0.05) is 13.0 Å². The Kier molecular flexibility index (Phi) is 5.31. The molecule has 0 saturated carbocycles. The van der Waals surface area contributed by atoms with Crippen molar-refractivity contribution in [2.75, 3.05) is 13.1 Å². The van der Waals surface area contributed by atoms with Crippen molar-refractivity contribution < 1.29 is 14.4 Å². The van der Waals surface area contributed by atoms with E-state index in [-0.39, 0.29) is 24.3 Å². The van der Waals surface area contributed by atoms with E-state index in [4.69, 9.17) is 0 Å². The summed E-state index contributed by atoms with van der Waals surface area (Å²) in [5.74, 6) is -0.662. The zero-order chi connectivity index (χ0) is 15.1. The fourth-order valence-corrected chi connectivity index (χ4v) is 2.15. The molecule has 0 radical (unpaired) electrons. The minimum atomic E-state index is -0.505. The third-order valence-corrected chi connectivity index (χ3v) is 3.31. The fourth-order valence-electron chi connectivity index (χ4n) is 2.15. The van der Waals surface area contributed by atoms with Crippen LogP contribution in [0, 0.1) is 0 Å². The summed E-state index contributed by atoms with van der Waals surface area (Å²) >= 11 is 0. The molecule has 2 rings (SSSR count). The van der Waals surface area contributed by atoms with Crippen molar-refractivity contribution in [2.45, 2.75) is 25.3 Å². The van der Waals surface area contributed by atoms with E-state index in [1.807, 2.05) is 30.3 Å². The van der Waals surface area contributed by atoms with Crippen molar-refractivity contribution in [3.05, 3.63) is 35.9 Å². The standard InChI is InChI=1S/C15H19N3O3/c19-13-7-6-12(18-13)15(21)17-10-14(20)16-9-8-11-4-2-1-3-5-11/h1-5,12H,6-10H2,(H,16,20)(H,17,21)(H,18,19). The van der Waals surface area contributed by atoms with Crippen molar-refractivity contribution >= 4 is 17.7 Å². The van der Waals surface area contributed by atoms with Gasteiger partial charge in [0.15, 0.2) is 0 Å². The molecule has 0 aliphatic carbocycles. The van der Waals surface area contributed by atoms with E-state index in [2.05, 4.69) is 16.0 Å². The van der Waals surface area contributed by atoms with Gasteiger partial charge in [0.1, 0.15) is 6.04 Å². The molecule has 0 aromatic heterocycles. The molecule has 1 atom stereocenters. The number of hydrogen-bond acceptors (Lipinski definition) is 3. The summed E-state index contributed by atoms with van der Waals surface area (Å²) in [7, 11) is 0. The second-order valence-corrected chi connectivity index (χ2v) is 4.96. The maximum absolute atomic E-state index is 11.7. The first-order valence-corrected chi connectivity index (χ1v) is 7.03. The Bertz CT molecular complexity index is 516. The van der Waals surface area contributed by atoms with E-state index >= 15 is 0 Å². The average Bonchev–Trinajstić information content (AvgIpc) is 2.92. The molecule has 1 heterocycles. The van der Waals surface area contributed by atoms with Crippen LogP contribution in [-0.2, 0) is 20.8 Å². The Morgan fingerprint density at radius 2 is 1.95 bits per heavy atom. The summed E-state index contributed by atoms with van der Waals surface area (Å²) in [6.07, 6.45) is 1.60. The molecule has 1 aromatic rings. The van der Waals surface area contributed by atoms with Crippen LogP contribution < -0.4 is 16.0 Å². The highest BCUT2D eigenvalue weighted by Gasteiger charge is 2.27. The van der Waals surface area contributed by atoms with Gasteiger partial charge < -0.3 is 16.0 Å². The Labute approximate surface area is 123 Å². The third kappa shape index (κ3) is 4.91. The monoisotopic (exact) mass is 289 g/mol. The van der Waals surface area contributed by atoms with Crippen molar-refractivity contribution in [2.24, 2.45) is 0 Å². The Morgan fingerprint density at radius 1 is 1.19 bits per heavy atom. The molecule has 3 amide bonds. The molecule has 3 N–H and O–H groups in total. The van der Waals surface area contributed by atoms with Gasteiger partial charge in [-0.25, -0.2) is 0 Å². The van der Waals surface area contributed by atoms with Crippen LogP contribution in [0.3, 0.4) is 0 Å². The first kappa shape index (κ1) is 15.0. The first-order chi connectivity index (χ1) is 10.1. The molecular weight excluding hydrogens is 270 g/mol. The second kappa shape index (κ2) is 7.42. The number of carbonyl (C=O) groups is 3. The molecule has 1 aliphatic rings. The average molecular weight is 289 g/mol. The summed E-state index contributed by atoms with van der Waals surface area (Å²) in [5, 5.41) is 7.83. The molecule has 1 aromatic carbocycles. The lowest BCUT2D eigenvalue weighted by atomic mass is 10.1. The zero-order valence-corrected chi connectivity index (χ0v) is 11.7. The molecule has 1 unspecified atom stereocenters. The first-order valence-electron chi connectivity index (χ1n) is 7.03. The van der Waals surface area contributed by atoms with Crippen molar-refractivity contribution in [3.63, 3.8) is 0 Å². The maximum Gasteiger partial charge on any atom is 0.243 e. The van der Waals surface area contributed by atoms with E-state index in [1.54, 1.807) is 0 Å². The lowest BCUT2D eigenvalue weighted by Crippen LogP contribution is -2.45. The summed E-state index contributed by atoms with van der Waals surface area (Å²) < 4.78 is 0. The quantitative estimate of drug-likeness (QED) is 0.674. The zero-order valence-electron chi connectivity index (χ0n) is 11.7. The smallest absolute Gasteiger partial charge is 0.243 e. The fraction of sp³-hybridized carbons (Fsp3) is 0.400. The largest absolute Gasteiger partial charge is 0.354 e. The summed E-state index contributed by atoms with van der Waals surface area (Å²) in [6, 6.07) is 9.34. The van der Waals surface area contributed by atoms with Crippen molar-refractivity contribution in [1.82, 2.24) is 16.0 Å². The topological polar surface area (TPSA) is 87.3 Å². The number of hydrogen-bond donors (Lipinski definition) is 3. The Balaban J connectivity index is 1.61.